The zero-order valence-electron chi connectivity index (χ0n) is 17.5. The second-order valence-corrected chi connectivity index (χ2v) is 9.85. The maximum atomic E-state index is 13.1. The molecule has 31 heavy (non-hydrogen) atoms. The van der Waals surface area contributed by atoms with E-state index in [-0.39, 0.29) is 34.2 Å². The minimum atomic E-state index is -3.80. The van der Waals surface area contributed by atoms with Crippen LogP contribution in [-0.4, -0.2) is 38.3 Å². The van der Waals surface area contributed by atoms with Crippen molar-refractivity contribution in [2.75, 3.05) is 19.7 Å². The molecular weight excluding hydrogens is 443 g/mol. The molecule has 0 bridgehead atoms. The molecule has 1 amide bonds. The van der Waals surface area contributed by atoms with Crippen molar-refractivity contribution in [1.82, 2.24) is 9.62 Å². The predicted octanol–water partition coefficient (Wildman–Crippen LogP) is 4.16. The summed E-state index contributed by atoms with van der Waals surface area (Å²) in [5.74, 6) is -0.607. The molecule has 2 atom stereocenters. The normalized spacial score (nSPS) is 18.4. The van der Waals surface area contributed by atoms with Crippen LogP contribution in [0.1, 0.15) is 38.3 Å². The van der Waals surface area contributed by atoms with Gasteiger partial charge in [0.2, 0.25) is 15.9 Å². The number of ether oxygens (including phenoxy) is 1. The average molecular weight is 469 g/mol. The van der Waals surface area contributed by atoms with E-state index in [2.05, 4.69) is 5.32 Å². The summed E-state index contributed by atoms with van der Waals surface area (Å²) in [5.41, 5.74) is 0.777. The molecule has 0 spiro atoms. The van der Waals surface area contributed by atoms with Crippen LogP contribution in [0.25, 0.3) is 0 Å². The van der Waals surface area contributed by atoms with Gasteiger partial charge in [0.05, 0.1) is 28.5 Å². The largest absolute Gasteiger partial charge is 0.492 e. The molecule has 1 saturated heterocycles. The van der Waals surface area contributed by atoms with Crippen LogP contribution >= 0.6 is 11.6 Å². The molecule has 1 heterocycles. The standard InChI is InChI=1S/C22H26ClFN2O4S/c1-3-30-21-11-10-19(13-20(21)23)31(28,29)26-12-4-5-17(14-26)22(27)25-15(2)16-6-8-18(24)9-7-16/h6-11,13,15,17H,3-5,12,14H2,1-2H3,(H,25,27)/t15-,17+/m1/s1. The maximum absolute atomic E-state index is 13.1. The molecule has 0 unspecified atom stereocenters. The molecule has 0 aromatic heterocycles. The van der Waals surface area contributed by atoms with Crippen molar-refractivity contribution >= 4 is 27.5 Å². The highest BCUT2D eigenvalue weighted by atomic mass is 35.5. The van der Waals surface area contributed by atoms with Gasteiger partial charge in [0.1, 0.15) is 11.6 Å². The summed E-state index contributed by atoms with van der Waals surface area (Å²) in [5, 5.41) is 3.13. The molecule has 1 N–H and O–H groups in total. The molecule has 9 heteroatoms. The zero-order chi connectivity index (χ0) is 22.6. The van der Waals surface area contributed by atoms with Crippen molar-refractivity contribution in [2.24, 2.45) is 5.92 Å². The number of carbonyl (C=O) groups excluding carboxylic acids is 1. The summed E-state index contributed by atoms with van der Waals surface area (Å²) in [4.78, 5) is 12.9. The van der Waals surface area contributed by atoms with Crippen molar-refractivity contribution in [3.63, 3.8) is 0 Å². The number of rotatable bonds is 7. The molecule has 2 aromatic rings. The van der Waals surface area contributed by atoms with Crippen LogP contribution in [0.4, 0.5) is 4.39 Å². The molecule has 0 radical (unpaired) electrons. The van der Waals surface area contributed by atoms with Crippen molar-refractivity contribution in [3.05, 3.63) is 58.9 Å². The number of nitrogens with zero attached hydrogens (tertiary/aromatic N) is 1. The Morgan fingerprint density at radius 2 is 2.00 bits per heavy atom. The smallest absolute Gasteiger partial charge is 0.243 e. The van der Waals surface area contributed by atoms with Crippen LogP contribution < -0.4 is 10.1 Å². The molecule has 1 fully saturated rings. The topological polar surface area (TPSA) is 75.7 Å². The van der Waals surface area contributed by atoms with Crippen molar-refractivity contribution in [2.45, 2.75) is 37.6 Å². The van der Waals surface area contributed by atoms with Gasteiger partial charge in [-0.05, 0) is 62.6 Å². The van der Waals surface area contributed by atoms with E-state index in [1.807, 2.05) is 13.8 Å². The summed E-state index contributed by atoms with van der Waals surface area (Å²) in [6.45, 7) is 4.48. The Hall–Kier alpha value is -2.16. The van der Waals surface area contributed by atoms with Gasteiger partial charge in [-0.25, -0.2) is 12.8 Å². The summed E-state index contributed by atoms with van der Waals surface area (Å²) in [6, 6.07) is 9.99. The van der Waals surface area contributed by atoms with Gasteiger partial charge < -0.3 is 10.1 Å². The Bertz CT molecular complexity index is 1030. The van der Waals surface area contributed by atoms with Gasteiger partial charge >= 0.3 is 0 Å². The molecular formula is C22H26ClFN2O4S. The molecule has 0 saturated carbocycles. The lowest BCUT2D eigenvalue weighted by Crippen LogP contribution is -2.45. The van der Waals surface area contributed by atoms with E-state index < -0.39 is 15.9 Å². The highest BCUT2D eigenvalue weighted by molar-refractivity contribution is 7.89. The first kappa shape index (κ1) is 23.5. The third-order valence-corrected chi connectivity index (χ3v) is 7.48. The molecule has 6 nitrogen and oxygen atoms in total. The highest BCUT2D eigenvalue weighted by Gasteiger charge is 2.34. The lowest BCUT2D eigenvalue weighted by molar-refractivity contribution is -0.126. The van der Waals surface area contributed by atoms with Crippen molar-refractivity contribution in [1.29, 1.82) is 0 Å². The number of hydrogen-bond acceptors (Lipinski definition) is 4. The first-order valence-electron chi connectivity index (χ1n) is 10.2. The molecule has 1 aliphatic rings. The van der Waals surface area contributed by atoms with Crippen LogP contribution in [0.15, 0.2) is 47.4 Å². The van der Waals surface area contributed by atoms with Crippen molar-refractivity contribution < 1.29 is 22.3 Å². The number of piperidine rings is 1. The van der Waals surface area contributed by atoms with Gasteiger partial charge in [-0.15, -0.1) is 0 Å². The van der Waals surface area contributed by atoms with Gasteiger partial charge in [-0.2, -0.15) is 4.31 Å². The Morgan fingerprint density at radius 1 is 1.29 bits per heavy atom. The number of hydrogen-bond donors (Lipinski definition) is 1. The third kappa shape index (κ3) is 5.56. The first-order valence-corrected chi connectivity index (χ1v) is 12.0. The van der Waals surface area contributed by atoms with Crippen LogP contribution in [0.2, 0.25) is 5.02 Å². The average Bonchev–Trinajstić information content (AvgIpc) is 2.75. The molecule has 0 aliphatic carbocycles. The number of amides is 1. The van der Waals surface area contributed by atoms with Crippen molar-refractivity contribution in [3.8, 4) is 5.75 Å². The minimum Gasteiger partial charge on any atom is -0.492 e. The second-order valence-electron chi connectivity index (χ2n) is 7.51. The SMILES string of the molecule is CCOc1ccc(S(=O)(=O)N2CCC[C@H](C(=O)N[C@H](C)c3ccc(F)cc3)C2)cc1Cl. The summed E-state index contributed by atoms with van der Waals surface area (Å²) in [7, 11) is -3.80. The van der Waals surface area contributed by atoms with E-state index in [9.17, 15) is 17.6 Å². The fourth-order valence-electron chi connectivity index (χ4n) is 3.60. The summed E-state index contributed by atoms with van der Waals surface area (Å²) < 4.78 is 46.0. The fraction of sp³-hybridized carbons (Fsp3) is 0.409. The number of benzene rings is 2. The highest BCUT2D eigenvalue weighted by Crippen LogP contribution is 2.30. The lowest BCUT2D eigenvalue weighted by atomic mass is 9.98. The predicted molar refractivity (Wildman–Crippen MR) is 117 cm³/mol. The van der Waals surface area contributed by atoms with E-state index in [0.717, 1.165) is 5.56 Å². The summed E-state index contributed by atoms with van der Waals surface area (Å²) in [6.07, 6.45) is 1.17. The minimum absolute atomic E-state index is 0.0710. The van der Waals surface area contributed by atoms with Crippen LogP contribution in [-0.2, 0) is 14.8 Å². The number of halogens is 2. The van der Waals surface area contributed by atoms with Gasteiger partial charge in [0.25, 0.3) is 0 Å². The number of carbonyl (C=O) groups is 1. The number of sulfonamides is 1. The third-order valence-electron chi connectivity index (χ3n) is 5.32. The molecule has 1 aliphatic heterocycles. The van der Waals surface area contributed by atoms with Gasteiger partial charge in [-0.1, -0.05) is 23.7 Å². The lowest BCUT2D eigenvalue weighted by Gasteiger charge is -2.32. The van der Waals surface area contributed by atoms with Gasteiger partial charge in [0, 0.05) is 13.1 Å². The molecule has 2 aromatic carbocycles. The van der Waals surface area contributed by atoms with Gasteiger partial charge in [0.15, 0.2) is 0 Å². The number of nitrogens with one attached hydrogen (secondary N) is 1. The van der Waals surface area contributed by atoms with E-state index in [0.29, 0.717) is 31.7 Å². The van der Waals surface area contributed by atoms with E-state index in [4.69, 9.17) is 16.3 Å². The Morgan fingerprint density at radius 3 is 2.65 bits per heavy atom. The zero-order valence-corrected chi connectivity index (χ0v) is 19.0. The Labute approximate surface area is 187 Å². The van der Waals surface area contributed by atoms with E-state index in [1.165, 1.54) is 34.6 Å². The first-order chi connectivity index (χ1) is 14.7. The van der Waals surface area contributed by atoms with Gasteiger partial charge in [-0.3, -0.25) is 4.79 Å². The molecule has 168 valence electrons. The fourth-order valence-corrected chi connectivity index (χ4v) is 5.45. The van der Waals surface area contributed by atoms with Crippen LogP contribution in [0.3, 0.4) is 0 Å². The maximum Gasteiger partial charge on any atom is 0.243 e. The van der Waals surface area contributed by atoms with E-state index >= 15 is 0 Å². The Balaban J connectivity index is 1.69. The summed E-state index contributed by atoms with van der Waals surface area (Å²) >= 11 is 6.16. The second kappa shape index (κ2) is 9.97. The quantitative estimate of drug-likeness (QED) is 0.662. The molecule has 3 rings (SSSR count). The monoisotopic (exact) mass is 468 g/mol. The van der Waals surface area contributed by atoms with Crippen LogP contribution in [0, 0.1) is 11.7 Å². The van der Waals surface area contributed by atoms with Crippen LogP contribution in [0.5, 0.6) is 5.75 Å². The van der Waals surface area contributed by atoms with E-state index in [1.54, 1.807) is 12.1 Å². The Kier molecular flexibility index (Phi) is 7.56.